The van der Waals surface area contributed by atoms with Crippen LogP contribution in [0.3, 0.4) is 0 Å². The Hall–Kier alpha value is -4.85. The molecule has 8 nitrogen and oxygen atoms in total. The number of carbonyl (C=O) groups is 1. The van der Waals surface area contributed by atoms with E-state index in [4.69, 9.17) is 0 Å². The topological polar surface area (TPSA) is 97.6 Å². The number of aromatic nitrogens is 5. The van der Waals surface area contributed by atoms with Crippen molar-refractivity contribution in [1.29, 1.82) is 0 Å². The summed E-state index contributed by atoms with van der Waals surface area (Å²) in [5, 5.41) is 6.20. The normalized spacial score (nSPS) is 10.6. The number of aryl methyl sites for hydroxylation is 1. The SMILES string of the molecule is Cc1ccc(C(=O)Nc2cccc(-n3ccnc3)c2)cc1Nc1nccc(-c2cccnc2)n1. The highest BCUT2D eigenvalue weighted by atomic mass is 16.1. The molecule has 3 aromatic heterocycles. The molecule has 0 fully saturated rings. The molecular weight excluding hydrogens is 426 g/mol. The predicted octanol–water partition coefficient (Wildman–Crippen LogP) is 5.03. The quantitative estimate of drug-likeness (QED) is 0.379. The fourth-order valence-corrected chi connectivity index (χ4v) is 3.47. The molecule has 166 valence electrons. The van der Waals surface area contributed by atoms with Crippen molar-refractivity contribution < 1.29 is 4.79 Å². The number of pyridine rings is 1. The smallest absolute Gasteiger partial charge is 0.255 e. The van der Waals surface area contributed by atoms with Crippen molar-refractivity contribution in [3.05, 3.63) is 109 Å². The van der Waals surface area contributed by atoms with Gasteiger partial charge in [0.25, 0.3) is 5.91 Å². The summed E-state index contributed by atoms with van der Waals surface area (Å²) in [5.74, 6) is 0.228. The van der Waals surface area contributed by atoms with Crippen LogP contribution in [0.15, 0.2) is 98.0 Å². The molecule has 0 atom stereocenters. The second-order valence-corrected chi connectivity index (χ2v) is 7.64. The summed E-state index contributed by atoms with van der Waals surface area (Å²) < 4.78 is 1.88. The largest absolute Gasteiger partial charge is 0.324 e. The highest BCUT2D eigenvalue weighted by Crippen LogP contribution is 2.23. The molecule has 0 aliphatic rings. The van der Waals surface area contributed by atoms with E-state index < -0.39 is 0 Å². The number of amides is 1. The van der Waals surface area contributed by atoms with Crippen molar-refractivity contribution in [3.8, 4) is 16.9 Å². The van der Waals surface area contributed by atoms with Crippen LogP contribution in [-0.2, 0) is 0 Å². The minimum Gasteiger partial charge on any atom is -0.324 e. The van der Waals surface area contributed by atoms with Gasteiger partial charge in [-0.05, 0) is 61.0 Å². The summed E-state index contributed by atoms with van der Waals surface area (Å²) in [6.07, 6.45) is 10.4. The van der Waals surface area contributed by atoms with E-state index in [-0.39, 0.29) is 5.91 Å². The number of nitrogens with one attached hydrogen (secondary N) is 2. The van der Waals surface area contributed by atoms with Crippen molar-refractivity contribution in [2.45, 2.75) is 6.92 Å². The van der Waals surface area contributed by atoms with Crippen LogP contribution in [0.1, 0.15) is 15.9 Å². The Balaban J connectivity index is 1.35. The lowest BCUT2D eigenvalue weighted by molar-refractivity contribution is 0.102. The van der Waals surface area contributed by atoms with Gasteiger partial charge in [0.15, 0.2) is 0 Å². The van der Waals surface area contributed by atoms with E-state index in [1.807, 2.05) is 66.2 Å². The first kappa shape index (κ1) is 21.0. The number of nitrogens with zero attached hydrogens (tertiary/aromatic N) is 5. The monoisotopic (exact) mass is 447 g/mol. The summed E-state index contributed by atoms with van der Waals surface area (Å²) in [6.45, 7) is 1.96. The highest BCUT2D eigenvalue weighted by molar-refractivity contribution is 6.05. The fourth-order valence-electron chi connectivity index (χ4n) is 3.47. The number of hydrogen-bond donors (Lipinski definition) is 2. The lowest BCUT2D eigenvalue weighted by Gasteiger charge is -2.12. The third kappa shape index (κ3) is 4.66. The van der Waals surface area contributed by atoms with Gasteiger partial charge in [-0.25, -0.2) is 15.0 Å². The third-order valence-electron chi connectivity index (χ3n) is 5.27. The molecule has 0 bridgehead atoms. The molecule has 0 aliphatic carbocycles. The Labute approximate surface area is 196 Å². The Morgan fingerprint density at radius 2 is 1.88 bits per heavy atom. The van der Waals surface area contributed by atoms with Crippen LogP contribution in [0.25, 0.3) is 16.9 Å². The van der Waals surface area contributed by atoms with Gasteiger partial charge in [-0.15, -0.1) is 0 Å². The Bertz CT molecular complexity index is 1430. The molecule has 5 rings (SSSR count). The molecule has 2 aromatic carbocycles. The van der Waals surface area contributed by atoms with Crippen molar-refractivity contribution in [2.75, 3.05) is 10.6 Å². The molecule has 1 amide bonds. The van der Waals surface area contributed by atoms with Crippen LogP contribution >= 0.6 is 0 Å². The van der Waals surface area contributed by atoms with Gasteiger partial charge >= 0.3 is 0 Å². The lowest BCUT2D eigenvalue weighted by Crippen LogP contribution is -2.12. The minimum atomic E-state index is -0.212. The number of benzene rings is 2. The van der Waals surface area contributed by atoms with Gasteiger partial charge in [0.1, 0.15) is 0 Å². The minimum absolute atomic E-state index is 0.212. The van der Waals surface area contributed by atoms with Gasteiger partial charge < -0.3 is 15.2 Å². The van der Waals surface area contributed by atoms with E-state index in [1.165, 1.54) is 0 Å². The predicted molar refractivity (Wildman–Crippen MR) is 131 cm³/mol. The van der Waals surface area contributed by atoms with Gasteiger partial charge in [-0.2, -0.15) is 0 Å². The van der Waals surface area contributed by atoms with Crippen LogP contribution in [0, 0.1) is 6.92 Å². The van der Waals surface area contributed by atoms with Gasteiger partial charge in [-0.3, -0.25) is 9.78 Å². The highest BCUT2D eigenvalue weighted by Gasteiger charge is 2.11. The van der Waals surface area contributed by atoms with E-state index in [2.05, 4.69) is 30.6 Å². The summed E-state index contributed by atoms with van der Waals surface area (Å²) in [7, 11) is 0. The van der Waals surface area contributed by atoms with Crippen LogP contribution < -0.4 is 10.6 Å². The first-order valence-electron chi connectivity index (χ1n) is 10.7. The standard InChI is InChI=1S/C26H21N7O/c1-18-7-8-19(25(34)30-21-5-2-6-22(15-21)33-13-12-28-17-33)14-24(18)32-26-29-11-9-23(31-26)20-4-3-10-27-16-20/h2-17H,1H3,(H,30,34)(H,29,31,32). The average Bonchev–Trinajstić information content (AvgIpc) is 3.41. The second-order valence-electron chi connectivity index (χ2n) is 7.64. The van der Waals surface area contributed by atoms with Gasteiger partial charge in [-0.1, -0.05) is 12.1 Å². The molecule has 0 radical (unpaired) electrons. The van der Waals surface area contributed by atoms with Crippen LogP contribution in [0.4, 0.5) is 17.3 Å². The molecule has 0 saturated carbocycles. The lowest BCUT2D eigenvalue weighted by atomic mass is 10.1. The zero-order valence-electron chi connectivity index (χ0n) is 18.4. The van der Waals surface area contributed by atoms with Crippen LogP contribution in [0.2, 0.25) is 0 Å². The summed E-state index contributed by atoms with van der Waals surface area (Å²) in [5.41, 5.74) is 5.50. The third-order valence-corrected chi connectivity index (χ3v) is 5.27. The molecular formula is C26H21N7O. The zero-order chi connectivity index (χ0) is 23.3. The number of hydrogen-bond acceptors (Lipinski definition) is 6. The van der Waals surface area contributed by atoms with E-state index in [1.54, 1.807) is 43.2 Å². The van der Waals surface area contributed by atoms with Crippen molar-refractivity contribution in [1.82, 2.24) is 24.5 Å². The molecule has 34 heavy (non-hydrogen) atoms. The van der Waals surface area contributed by atoms with Crippen LogP contribution in [0.5, 0.6) is 0 Å². The molecule has 3 heterocycles. The first-order valence-corrected chi connectivity index (χ1v) is 10.7. The molecule has 0 saturated heterocycles. The van der Waals surface area contributed by atoms with Crippen molar-refractivity contribution in [3.63, 3.8) is 0 Å². The summed E-state index contributed by atoms with van der Waals surface area (Å²) in [6, 6.07) is 18.7. The summed E-state index contributed by atoms with van der Waals surface area (Å²) >= 11 is 0. The maximum atomic E-state index is 13.0. The van der Waals surface area contributed by atoms with Gasteiger partial charge in [0.2, 0.25) is 5.95 Å². The molecule has 0 unspecified atom stereocenters. The molecule has 2 N–H and O–H groups in total. The molecule has 0 aliphatic heterocycles. The average molecular weight is 448 g/mol. The molecule has 0 spiro atoms. The van der Waals surface area contributed by atoms with E-state index in [0.717, 1.165) is 28.2 Å². The fraction of sp³-hybridized carbons (Fsp3) is 0.0385. The zero-order valence-corrected chi connectivity index (χ0v) is 18.4. The van der Waals surface area contributed by atoms with Crippen LogP contribution in [-0.4, -0.2) is 30.4 Å². The summed E-state index contributed by atoms with van der Waals surface area (Å²) in [4.78, 5) is 30.1. The van der Waals surface area contributed by atoms with Crippen molar-refractivity contribution in [2.24, 2.45) is 0 Å². The first-order chi connectivity index (χ1) is 16.7. The second kappa shape index (κ2) is 9.33. The Morgan fingerprint density at radius 3 is 2.71 bits per heavy atom. The Morgan fingerprint density at radius 1 is 0.941 bits per heavy atom. The van der Waals surface area contributed by atoms with Gasteiger partial charge in [0.05, 0.1) is 12.0 Å². The number of carbonyl (C=O) groups excluding carboxylic acids is 1. The maximum absolute atomic E-state index is 13.0. The maximum Gasteiger partial charge on any atom is 0.255 e. The molecule has 5 aromatic rings. The number of rotatable bonds is 6. The number of imidazole rings is 1. The van der Waals surface area contributed by atoms with Gasteiger partial charge in [0, 0.05) is 59.2 Å². The van der Waals surface area contributed by atoms with Crippen molar-refractivity contribution >= 4 is 23.2 Å². The number of anilines is 3. The van der Waals surface area contributed by atoms with E-state index in [9.17, 15) is 4.79 Å². The molecule has 8 heteroatoms. The Kier molecular flexibility index (Phi) is 5.77. The van der Waals surface area contributed by atoms with E-state index in [0.29, 0.717) is 17.2 Å². The van der Waals surface area contributed by atoms with E-state index >= 15 is 0 Å².